The summed E-state index contributed by atoms with van der Waals surface area (Å²) in [7, 11) is 0. The normalized spacial score (nSPS) is 11.5. The van der Waals surface area contributed by atoms with Crippen LogP contribution in [0.1, 0.15) is 91.9 Å². The first-order chi connectivity index (χ1) is 16.1. The Kier molecular flexibility index (Phi) is 12.5. The molecule has 0 radical (unpaired) electrons. The highest BCUT2D eigenvalue weighted by Gasteiger charge is 2.18. The zero-order valence-corrected chi connectivity index (χ0v) is 21.0. The minimum atomic E-state index is -0.519. The van der Waals surface area contributed by atoms with Crippen molar-refractivity contribution in [1.29, 1.82) is 0 Å². The summed E-state index contributed by atoms with van der Waals surface area (Å²) in [5.41, 5.74) is -0.0723. The minimum absolute atomic E-state index is 0.0330. The molecular formula is C28H42O5. The van der Waals surface area contributed by atoms with Crippen LogP contribution < -0.4 is 19.8 Å². The van der Waals surface area contributed by atoms with Crippen LogP contribution in [0.15, 0.2) is 39.6 Å². The van der Waals surface area contributed by atoms with Crippen LogP contribution >= 0.6 is 0 Å². The van der Waals surface area contributed by atoms with Crippen LogP contribution in [0.3, 0.4) is 0 Å². The van der Waals surface area contributed by atoms with Crippen molar-refractivity contribution < 1.29 is 18.6 Å². The van der Waals surface area contributed by atoms with Crippen molar-refractivity contribution in [1.82, 2.24) is 0 Å². The van der Waals surface area contributed by atoms with Crippen molar-refractivity contribution in [3.05, 3.63) is 40.8 Å². The molecule has 1 aromatic carbocycles. The van der Waals surface area contributed by atoms with Crippen LogP contribution in [0.2, 0.25) is 0 Å². The summed E-state index contributed by atoms with van der Waals surface area (Å²) < 4.78 is 23.3. The van der Waals surface area contributed by atoms with Gasteiger partial charge in [0.1, 0.15) is 11.3 Å². The van der Waals surface area contributed by atoms with E-state index in [-0.39, 0.29) is 11.9 Å². The molecule has 0 aliphatic rings. The molecule has 1 aromatic heterocycles. The van der Waals surface area contributed by atoms with Gasteiger partial charge in [0.05, 0.1) is 24.7 Å². The molecule has 0 aliphatic heterocycles. The highest BCUT2D eigenvalue weighted by molar-refractivity contribution is 5.86. The number of rotatable bonds is 17. The second kappa shape index (κ2) is 15.4. The Hall–Kier alpha value is -2.43. The van der Waals surface area contributed by atoms with Crippen LogP contribution in [0.4, 0.5) is 0 Å². The van der Waals surface area contributed by atoms with E-state index in [1.165, 1.54) is 38.5 Å². The largest absolute Gasteiger partial charge is 0.491 e. The monoisotopic (exact) mass is 458 g/mol. The van der Waals surface area contributed by atoms with Gasteiger partial charge in [-0.1, -0.05) is 70.9 Å². The van der Waals surface area contributed by atoms with Gasteiger partial charge < -0.3 is 18.6 Å². The molecule has 0 amide bonds. The molecule has 2 aromatic rings. The van der Waals surface area contributed by atoms with Crippen molar-refractivity contribution in [2.75, 3.05) is 13.2 Å². The highest BCUT2D eigenvalue weighted by atomic mass is 16.5. The second-order valence-corrected chi connectivity index (χ2v) is 8.71. The van der Waals surface area contributed by atoms with E-state index in [4.69, 9.17) is 18.6 Å². The third-order valence-electron chi connectivity index (χ3n) is 5.34. The van der Waals surface area contributed by atoms with Crippen LogP contribution in [0.5, 0.6) is 17.2 Å². The summed E-state index contributed by atoms with van der Waals surface area (Å²) in [5.74, 6) is 1.29. The molecule has 0 N–H and O–H groups in total. The van der Waals surface area contributed by atoms with E-state index in [9.17, 15) is 4.79 Å². The van der Waals surface area contributed by atoms with E-state index in [1.54, 1.807) is 6.07 Å². The summed E-state index contributed by atoms with van der Waals surface area (Å²) in [6, 6.07) is 5.50. The number of unbranched alkanes of at least 4 members (excludes halogenated alkanes) is 7. The first-order valence-corrected chi connectivity index (χ1v) is 12.7. The van der Waals surface area contributed by atoms with Gasteiger partial charge in [-0.3, -0.25) is 0 Å². The lowest BCUT2D eigenvalue weighted by Gasteiger charge is -2.15. The number of allylic oxidation sites excluding steroid dienone is 1. The Balaban J connectivity index is 2.09. The average molecular weight is 459 g/mol. The summed E-state index contributed by atoms with van der Waals surface area (Å²) in [6.07, 6.45) is 15.7. The average Bonchev–Trinajstić information content (AvgIpc) is 2.78. The Morgan fingerprint density at radius 3 is 2.27 bits per heavy atom. The molecule has 184 valence electrons. The maximum absolute atomic E-state index is 12.7. The van der Waals surface area contributed by atoms with E-state index in [2.05, 4.69) is 26.0 Å². The maximum atomic E-state index is 12.7. The molecule has 5 heteroatoms. The van der Waals surface area contributed by atoms with Crippen LogP contribution in [-0.4, -0.2) is 19.3 Å². The molecule has 0 unspecified atom stereocenters. The summed E-state index contributed by atoms with van der Waals surface area (Å²) in [6.45, 7) is 9.19. The van der Waals surface area contributed by atoms with Crippen molar-refractivity contribution in [3.63, 3.8) is 0 Å². The lowest BCUT2D eigenvalue weighted by molar-refractivity contribution is 0.242. The van der Waals surface area contributed by atoms with Crippen LogP contribution in [0, 0.1) is 0 Å². The van der Waals surface area contributed by atoms with Gasteiger partial charge in [-0.15, -0.1) is 0 Å². The van der Waals surface area contributed by atoms with Crippen LogP contribution in [0.25, 0.3) is 11.0 Å². The number of hydrogen-bond donors (Lipinski definition) is 0. The number of ether oxygens (including phenoxy) is 3. The highest BCUT2D eigenvalue weighted by Crippen LogP contribution is 2.35. The fourth-order valence-corrected chi connectivity index (χ4v) is 3.67. The number of hydrogen-bond acceptors (Lipinski definition) is 5. The van der Waals surface area contributed by atoms with E-state index < -0.39 is 5.63 Å². The van der Waals surface area contributed by atoms with Gasteiger partial charge in [0.2, 0.25) is 5.75 Å². The van der Waals surface area contributed by atoms with Gasteiger partial charge in [-0.25, -0.2) is 4.79 Å². The molecule has 0 spiro atoms. The molecule has 5 nitrogen and oxygen atoms in total. The first-order valence-electron chi connectivity index (χ1n) is 12.7. The Labute approximate surface area is 199 Å². The Bertz CT molecular complexity index is 897. The van der Waals surface area contributed by atoms with Crippen molar-refractivity contribution in [2.45, 2.75) is 98.0 Å². The second-order valence-electron chi connectivity index (χ2n) is 8.71. The predicted molar refractivity (Wildman–Crippen MR) is 136 cm³/mol. The zero-order valence-electron chi connectivity index (χ0n) is 21.0. The van der Waals surface area contributed by atoms with Gasteiger partial charge in [0, 0.05) is 6.07 Å². The standard InChI is InChI=1S/C28H42O5/c1-5-7-9-11-12-13-14-16-19-30-26-24-18-17-23(32-22(3)4)21-25(24)33-28(29)27(26)31-20-15-10-8-6-2/h8,10,17-18,21-22H,5-7,9,11-16,19-20H2,1-4H3. The third-order valence-corrected chi connectivity index (χ3v) is 5.34. The Morgan fingerprint density at radius 1 is 0.879 bits per heavy atom. The van der Waals surface area contributed by atoms with Crippen molar-refractivity contribution >= 4 is 11.0 Å². The summed E-state index contributed by atoms with van der Waals surface area (Å²) in [4.78, 5) is 12.7. The van der Waals surface area contributed by atoms with Gasteiger partial charge in [0.25, 0.3) is 0 Å². The van der Waals surface area contributed by atoms with Gasteiger partial charge in [-0.05, 0) is 45.2 Å². The third kappa shape index (κ3) is 9.53. The van der Waals surface area contributed by atoms with Crippen molar-refractivity contribution in [2.24, 2.45) is 0 Å². The van der Waals surface area contributed by atoms with Gasteiger partial charge in [-0.2, -0.15) is 0 Å². The fraction of sp³-hybridized carbons (Fsp3) is 0.607. The van der Waals surface area contributed by atoms with Crippen LogP contribution in [-0.2, 0) is 0 Å². The number of benzene rings is 1. The smallest absolute Gasteiger partial charge is 0.383 e. The summed E-state index contributed by atoms with van der Waals surface area (Å²) in [5, 5.41) is 0.726. The molecule has 2 rings (SSSR count). The van der Waals surface area contributed by atoms with E-state index >= 15 is 0 Å². The summed E-state index contributed by atoms with van der Waals surface area (Å²) >= 11 is 0. The minimum Gasteiger partial charge on any atom is -0.491 e. The lowest BCUT2D eigenvalue weighted by Crippen LogP contribution is -2.12. The molecule has 0 saturated carbocycles. The molecule has 0 atom stereocenters. The molecule has 0 saturated heterocycles. The van der Waals surface area contributed by atoms with E-state index in [1.807, 2.05) is 26.0 Å². The quantitative estimate of drug-likeness (QED) is 0.137. The fourth-order valence-electron chi connectivity index (χ4n) is 3.67. The topological polar surface area (TPSA) is 57.9 Å². The van der Waals surface area contributed by atoms with E-state index in [0.717, 1.165) is 31.1 Å². The van der Waals surface area contributed by atoms with Crippen molar-refractivity contribution in [3.8, 4) is 17.2 Å². The predicted octanol–water partition coefficient (Wildman–Crippen LogP) is 7.83. The zero-order chi connectivity index (χ0) is 23.9. The maximum Gasteiger partial charge on any atom is 0.383 e. The molecule has 1 heterocycles. The number of fused-ring (bicyclic) bond motifs is 1. The molecule has 33 heavy (non-hydrogen) atoms. The SMILES string of the molecule is CCC=CCCOc1c(OCCCCCCCCCC)c2ccc(OC(C)C)cc2oc1=O. The molecule has 0 aliphatic carbocycles. The Morgan fingerprint density at radius 2 is 1.58 bits per heavy atom. The molecule has 0 bridgehead atoms. The van der Waals surface area contributed by atoms with E-state index in [0.29, 0.717) is 30.3 Å². The lowest BCUT2D eigenvalue weighted by atomic mass is 10.1. The molecule has 0 fully saturated rings. The van der Waals surface area contributed by atoms with Gasteiger partial charge >= 0.3 is 5.63 Å². The molecular weight excluding hydrogens is 416 g/mol. The van der Waals surface area contributed by atoms with Gasteiger partial charge in [0.15, 0.2) is 5.75 Å². The first kappa shape index (κ1) is 26.8.